The summed E-state index contributed by atoms with van der Waals surface area (Å²) < 4.78 is 1.99. The molecule has 3 aromatic rings. The minimum Gasteiger partial charge on any atom is -0.361 e. The molecule has 0 saturated heterocycles. The number of fused-ring (bicyclic) bond motifs is 1. The molecule has 1 aromatic heterocycles. The van der Waals surface area contributed by atoms with E-state index >= 15 is 0 Å². The molecular weight excluding hydrogens is 396 g/mol. The van der Waals surface area contributed by atoms with Crippen molar-refractivity contribution in [3.8, 4) is 0 Å². The Morgan fingerprint density at radius 1 is 1.19 bits per heavy atom. The lowest BCUT2D eigenvalue weighted by molar-refractivity contribution is -0.117. The molecule has 1 N–H and O–H groups in total. The van der Waals surface area contributed by atoms with Gasteiger partial charge in [0.2, 0.25) is 5.91 Å². The van der Waals surface area contributed by atoms with Crippen molar-refractivity contribution in [2.75, 3.05) is 24.3 Å². The highest BCUT2D eigenvalue weighted by molar-refractivity contribution is 9.10. The molecule has 0 saturated carbocycles. The van der Waals surface area contributed by atoms with Crippen LogP contribution in [-0.4, -0.2) is 29.8 Å². The maximum atomic E-state index is 12.7. The molecular formula is C19H19BrN4O2. The van der Waals surface area contributed by atoms with E-state index in [1.165, 1.54) is 4.68 Å². The highest BCUT2D eigenvalue weighted by atomic mass is 79.9. The lowest BCUT2D eigenvalue weighted by Gasteiger charge is -2.16. The van der Waals surface area contributed by atoms with E-state index in [0.29, 0.717) is 16.9 Å². The van der Waals surface area contributed by atoms with Gasteiger partial charge in [0.25, 0.3) is 5.56 Å². The van der Waals surface area contributed by atoms with Gasteiger partial charge in [-0.05, 0) is 46.6 Å². The molecule has 0 bridgehead atoms. The number of carbonyl (C=O) groups excluding carboxylic acids is 1. The molecule has 0 aliphatic carbocycles. The number of hydrogen-bond donors (Lipinski definition) is 1. The molecule has 134 valence electrons. The smallest absolute Gasteiger partial charge is 0.275 e. The fourth-order valence-corrected chi connectivity index (χ4v) is 3.29. The number of anilines is 2. The molecule has 0 aliphatic rings. The van der Waals surface area contributed by atoms with Crippen LogP contribution in [0.3, 0.4) is 0 Å². The summed E-state index contributed by atoms with van der Waals surface area (Å²) in [5.41, 5.74) is 1.45. The van der Waals surface area contributed by atoms with Crippen LogP contribution in [0.15, 0.2) is 51.7 Å². The fourth-order valence-electron chi connectivity index (χ4n) is 2.70. The van der Waals surface area contributed by atoms with Crippen LogP contribution in [-0.2, 0) is 11.3 Å². The van der Waals surface area contributed by atoms with Crippen molar-refractivity contribution in [3.63, 3.8) is 0 Å². The Morgan fingerprint density at radius 3 is 2.54 bits per heavy atom. The average Bonchev–Trinajstić information content (AvgIpc) is 2.59. The number of nitrogens with zero attached hydrogens (tertiary/aromatic N) is 3. The quantitative estimate of drug-likeness (QED) is 0.711. The Morgan fingerprint density at radius 2 is 1.88 bits per heavy atom. The second-order valence-electron chi connectivity index (χ2n) is 6.26. The summed E-state index contributed by atoms with van der Waals surface area (Å²) in [5.74, 6) is 0.327. The summed E-state index contributed by atoms with van der Waals surface area (Å²) in [5, 5.41) is 8.49. The van der Waals surface area contributed by atoms with Crippen molar-refractivity contribution < 1.29 is 4.79 Å². The van der Waals surface area contributed by atoms with Crippen LogP contribution in [0.4, 0.5) is 11.5 Å². The van der Waals surface area contributed by atoms with E-state index in [9.17, 15) is 9.59 Å². The van der Waals surface area contributed by atoms with E-state index in [4.69, 9.17) is 0 Å². The Bertz CT molecular complexity index is 1040. The van der Waals surface area contributed by atoms with Gasteiger partial charge in [0.1, 0.15) is 6.54 Å². The minimum absolute atomic E-state index is 0.162. The lowest BCUT2D eigenvalue weighted by atomic mass is 10.2. The number of hydrogen-bond acceptors (Lipinski definition) is 4. The third-order valence-corrected chi connectivity index (χ3v) is 4.62. The van der Waals surface area contributed by atoms with Crippen molar-refractivity contribution in [1.29, 1.82) is 0 Å². The van der Waals surface area contributed by atoms with Gasteiger partial charge >= 0.3 is 0 Å². The number of aromatic nitrogens is 2. The number of amides is 1. The van der Waals surface area contributed by atoms with E-state index in [1.54, 1.807) is 12.1 Å². The molecule has 26 heavy (non-hydrogen) atoms. The highest BCUT2D eigenvalue weighted by Gasteiger charge is 2.14. The first kappa shape index (κ1) is 18.1. The molecule has 0 fully saturated rings. The third kappa shape index (κ3) is 3.62. The zero-order valence-corrected chi connectivity index (χ0v) is 16.4. The molecule has 0 unspecified atom stereocenters. The van der Waals surface area contributed by atoms with Crippen LogP contribution in [0.25, 0.3) is 10.8 Å². The normalized spacial score (nSPS) is 10.8. The van der Waals surface area contributed by atoms with Crippen molar-refractivity contribution in [1.82, 2.24) is 9.78 Å². The van der Waals surface area contributed by atoms with Crippen LogP contribution in [0, 0.1) is 6.92 Å². The van der Waals surface area contributed by atoms with Crippen molar-refractivity contribution in [3.05, 3.63) is 62.9 Å². The van der Waals surface area contributed by atoms with Gasteiger partial charge in [-0.3, -0.25) is 9.59 Å². The maximum absolute atomic E-state index is 12.7. The monoisotopic (exact) mass is 414 g/mol. The van der Waals surface area contributed by atoms with Gasteiger partial charge in [-0.15, -0.1) is 0 Å². The zero-order valence-electron chi connectivity index (χ0n) is 14.8. The van der Waals surface area contributed by atoms with Crippen LogP contribution >= 0.6 is 15.9 Å². The molecule has 1 heterocycles. The fraction of sp³-hybridized carbons (Fsp3) is 0.211. The van der Waals surface area contributed by atoms with Gasteiger partial charge in [-0.25, -0.2) is 4.68 Å². The van der Waals surface area contributed by atoms with Crippen LogP contribution in [0.1, 0.15) is 5.56 Å². The van der Waals surface area contributed by atoms with E-state index in [1.807, 2.05) is 56.3 Å². The standard InChI is InChI=1S/C19H19BrN4O2/c1-12-8-9-16(15(20)10-12)21-17(25)11-24-19(26)14-7-5-4-6-13(14)18(22-24)23(2)3/h4-10H,11H2,1-3H3,(H,21,25). The van der Waals surface area contributed by atoms with E-state index in [0.717, 1.165) is 15.4 Å². The molecule has 0 aliphatic heterocycles. The summed E-state index contributed by atoms with van der Waals surface area (Å²) in [6.07, 6.45) is 0. The Kier molecular flexibility index (Phi) is 5.08. The average molecular weight is 415 g/mol. The Balaban J connectivity index is 1.94. The maximum Gasteiger partial charge on any atom is 0.275 e. The summed E-state index contributed by atoms with van der Waals surface area (Å²) in [4.78, 5) is 27.0. The van der Waals surface area contributed by atoms with Gasteiger partial charge in [-0.2, -0.15) is 5.10 Å². The number of carbonyl (C=O) groups is 1. The molecule has 1 amide bonds. The van der Waals surface area contributed by atoms with E-state index in [2.05, 4.69) is 26.3 Å². The molecule has 3 rings (SSSR count). The number of benzene rings is 2. The van der Waals surface area contributed by atoms with Crippen molar-refractivity contribution in [2.24, 2.45) is 0 Å². The highest BCUT2D eigenvalue weighted by Crippen LogP contribution is 2.23. The largest absolute Gasteiger partial charge is 0.361 e. The summed E-state index contributed by atoms with van der Waals surface area (Å²) in [6, 6.07) is 12.9. The lowest BCUT2D eigenvalue weighted by Crippen LogP contribution is -2.31. The molecule has 2 aromatic carbocycles. The van der Waals surface area contributed by atoms with Gasteiger partial charge < -0.3 is 10.2 Å². The SMILES string of the molecule is Cc1ccc(NC(=O)Cn2nc(N(C)C)c3ccccc3c2=O)c(Br)c1. The number of rotatable bonds is 4. The Labute approximate surface area is 159 Å². The van der Waals surface area contributed by atoms with Crippen molar-refractivity contribution >= 4 is 44.1 Å². The number of halogens is 1. The number of nitrogens with one attached hydrogen (secondary N) is 1. The zero-order chi connectivity index (χ0) is 18.8. The van der Waals surface area contributed by atoms with E-state index in [-0.39, 0.29) is 18.0 Å². The van der Waals surface area contributed by atoms with Crippen molar-refractivity contribution in [2.45, 2.75) is 13.5 Å². The molecule has 7 heteroatoms. The van der Waals surface area contributed by atoms with Gasteiger partial charge in [-0.1, -0.05) is 24.3 Å². The molecule has 0 radical (unpaired) electrons. The second kappa shape index (κ2) is 7.29. The van der Waals surface area contributed by atoms with E-state index < -0.39 is 0 Å². The minimum atomic E-state index is -0.316. The third-order valence-electron chi connectivity index (χ3n) is 3.96. The predicted octanol–water partition coefficient (Wildman–Crippen LogP) is 3.17. The first-order valence-electron chi connectivity index (χ1n) is 8.10. The predicted molar refractivity (Wildman–Crippen MR) is 108 cm³/mol. The van der Waals surface area contributed by atoms with Gasteiger partial charge in [0.15, 0.2) is 5.82 Å². The summed E-state index contributed by atoms with van der Waals surface area (Å²) in [6.45, 7) is 1.81. The van der Waals surface area contributed by atoms with Crippen LogP contribution in [0.5, 0.6) is 0 Å². The summed E-state index contributed by atoms with van der Waals surface area (Å²) in [7, 11) is 3.71. The summed E-state index contributed by atoms with van der Waals surface area (Å²) >= 11 is 3.43. The molecule has 0 spiro atoms. The first-order valence-corrected chi connectivity index (χ1v) is 8.89. The van der Waals surface area contributed by atoms with Gasteiger partial charge in [0, 0.05) is 24.0 Å². The first-order chi connectivity index (χ1) is 12.4. The number of aryl methyl sites for hydroxylation is 1. The van der Waals surface area contributed by atoms with Gasteiger partial charge in [0.05, 0.1) is 11.1 Å². The Hall–Kier alpha value is -2.67. The molecule has 6 nitrogen and oxygen atoms in total. The molecule has 0 atom stereocenters. The topological polar surface area (TPSA) is 67.2 Å². The second-order valence-corrected chi connectivity index (χ2v) is 7.11. The van der Waals surface area contributed by atoms with Crippen LogP contribution < -0.4 is 15.8 Å². The van der Waals surface area contributed by atoms with Crippen LogP contribution in [0.2, 0.25) is 0 Å².